The molecule has 0 radical (unpaired) electrons. The number of unbranched alkanes of at least 4 members (excludes halogenated alkanes) is 18. The average molecular weight is 898 g/mol. The highest BCUT2D eigenvalue weighted by Crippen LogP contribution is 2.23. The lowest BCUT2D eigenvalue weighted by Gasteiger charge is -2.40. The summed E-state index contributed by atoms with van der Waals surface area (Å²) < 4.78 is 11.2. The van der Waals surface area contributed by atoms with Gasteiger partial charge in [0, 0.05) is 6.42 Å². The maximum Gasteiger partial charge on any atom is 0.220 e. The summed E-state index contributed by atoms with van der Waals surface area (Å²) >= 11 is 0. The lowest BCUT2D eigenvalue weighted by atomic mass is 9.99. The van der Waals surface area contributed by atoms with E-state index in [2.05, 4.69) is 104 Å². The van der Waals surface area contributed by atoms with Gasteiger partial charge in [-0.05, 0) is 70.6 Å². The predicted octanol–water partition coefficient (Wildman–Crippen LogP) is 11.9. The molecule has 1 heterocycles. The summed E-state index contributed by atoms with van der Waals surface area (Å²) in [4.78, 5) is 12.9. The molecule has 9 heteroatoms. The van der Waals surface area contributed by atoms with Crippen molar-refractivity contribution in [2.75, 3.05) is 13.2 Å². The lowest BCUT2D eigenvalue weighted by Crippen LogP contribution is -2.60. The number of aliphatic hydroxyl groups is 5. The van der Waals surface area contributed by atoms with E-state index >= 15 is 0 Å². The number of carbonyl (C=O) groups excluding carboxylic acids is 1. The molecule has 0 bridgehead atoms. The van der Waals surface area contributed by atoms with Gasteiger partial charge in [-0.3, -0.25) is 4.79 Å². The van der Waals surface area contributed by atoms with Gasteiger partial charge in [-0.1, -0.05) is 208 Å². The lowest BCUT2D eigenvalue weighted by molar-refractivity contribution is -0.302. The van der Waals surface area contributed by atoms with Gasteiger partial charge in [-0.25, -0.2) is 0 Å². The van der Waals surface area contributed by atoms with E-state index in [1.54, 1.807) is 0 Å². The van der Waals surface area contributed by atoms with Gasteiger partial charge in [-0.15, -0.1) is 0 Å². The van der Waals surface area contributed by atoms with Crippen LogP contribution in [0.3, 0.4) is 0 Å². The molecule has 1 aliphatic heterocycles. The first-order valence-electron chi connectivity index (χ1n) is 25.8. The molecule has 1 aliphatic rings. The van der Waals surface area contributed by atoms with Crippen LogP contribution >= 0.6 is 0 Å². The Kier molecular flexibility index (Phi) is 41.0. The summed E-state index contributed by atoms with van der Waals surface area (Å²) in [6.45, 7) is 3.64. The Morgan fingerprint density at radius 2 is 0.969 bits per heavy atom. The number of hydrogen-bond acceptors (Lipinski definition) is 8. The Morgan fingerprint density at radius 1 is 0.547 bits per heavy atom. The molecule has 9 nitrogen and oxygen atoms in total. The topological polar surface area (TPSA) is 149 Å². The minimum Gasteiger partial charge on any atom is -0.394 e. The Morgan fingerprint density at radius 3 is 1.44 bits per heavy atom. The summed E-state index contributed by atoms with van der Waals surface area (Å²) in [6, 6.07) is -0.720. The molecule has 1 rings (SSSR count). The van der Waals surface area contributed by atoms with E-state index in [0.29, 0.717) is 12.8 Å². The first-order chi connectivity index (χ1) is 31.3. The maximum absolute atomic E-state index is 12.9. The molecular formula is C55H95NO8. The molecule has 7 unspecified atom stereocenters. The fraction of sp³-hybridized carbons (Fsp3) is 0.727. The van der Waals surface area contributed by atoms with Crippen molar-refractivity contribution in [1.29, 1.82) is 0 Å². The van der Waals surface area contributed by atoms with Crippen molar-refractivity contribution in [3.8, 4) is 0 Å². The normalized spacial score (nSPS) is 20.8. The molecule has 6 N–H and O–H groups in total. The Bertz CT molecular complexity index is 1270. The second-order valence-corrected chi connectivity index (χ2v) is 17.6. The smallest absolute Gasteiger partial charge is 0.220 e. The van der Waals surface area contributed by atoms with Crippen molar-refractivity contribution in [1.82, 2.24) is 5.32 Å². The van der Waals surface area contributed by atoms with Gasteiger partial charge >= 0.3 is 0 Å². The molecule has 0 spiro atoms. The highest BCUT2D eigenvalue weighted by molar-refractivity contribution is 5.76. The van der Waals surface area contributed by atoms with Crippen LogP contribution in [0.2, 0.25) is 0 Å². The Hall–Kier alpha value is -2.63. The molecular weight excluding hydrogens is 803 g/mol. The van der Waals surface area contributed by atoms with Gasteiger partial charge in [0.1, 0.15) is 24.4 Å². The minimum atomic E-state index is -1.55. The van der Waals surface area contributed by atoms with Crippen molar-refractivity contribution in [2.24, 2.45) is 0 Å². The molecule has 1 fully saturated rings. The van der Waals surface area contributed by atoms with Crippen LogP contribution < -0.4 is 5.32 Å². The quantitative estimate of drug-likeness (QED) is 0.0262. The zero-order valence-electron chi connectivity index (χ0n) is 40.5. The van der Waals surface area contributed by atoms with Crippen LogP contribution in [-0.2, 0) is 14.3 Å². The van der Waals surface area contributed by atoms with E-state index in [4.69, 9.17) is 9.47 Å². The van der Waals surface area contributed by atoms with E-state index in [1.165, 1.54) is 89.9 Å². The van der Waals surface area contributed by atoms with Crippen LogP contribution in [0.1, 0.15) is 200 Å². The number of nitrogens with one attached hydrogen (secondary N) is 1. The van der Waals surface area contributed by atoms with Crippen LogP contribution in [0.15, 0.2) is 85.1 Å². The van der Waals surface area contributed by atoms with Gasteiger partial charge in [0.05, 0.1) is 25.4 Å². The van der Waals surface area contributed by atoms with E-state index in [0.717, 1.165) is 83.5 Å². The monoisotopic (exact) mass is 898 g/mol. The zero-order valence-corrected chi connectivity index (χ0v) is 40.5. The number of rotatable bonds is 42. The van der Waals surface area contributed by atoms with Crippen LogP contribution in [-0.4, -0.2) is 87.5 Å². The van der Waals surface area contributed by atoms with Crippen molar-refractivity contribution >= 4 is 5.91 Å². The standard InChI is InChI=1S/C55H95NO8/c1-3-5-7-9-11-12-13-14-15-16-17-18-19-20-21-22-23-24-25-26-27-28-29-30-31-32-33-34-35-36-37-38-39-41-43-45-51(59)56-48(49(58)44-42-40-10-8-6-4-2)47-63-55-54(62)53(61)52(60)50(46-57)64-55/h5,7,11-12,14-15,17-18,20-21,23-24,26-27,48-50,52-55,57-58,60-62H,3-4,6,8-10,13,16,19,22,25,28-47H2,1-2H3,(H,56,59)/b7-5-,12-11-,15-14-,18-17-,21-20-,24-23-,27-26-. The SMILES string of the molecule is CC/C=C\C/C=C\C/C=C\C/C=C\C/C=C\C/C=C\C/C=C\CCCCCCCCCCCCCCCC(=O)NC(COC1OC(CO)C(O)C(O)C1O)C(O)CCCCCCCC. The van der Waals surface area contributed by atoms with Crippen molar-refractivity contribution in [2.45, 2.75) is 243 Å². The summed E-state index contributed by atoms with van der Waals surface area (Å²) in [6.07, 6.45) is 55.1. The third kappa shape index (κ3) is 33.8. The highest BCUT2D eigenvalue weighted by Gasteiger charge is 2.44. The third-order valence-corrected chi connectivity index (χ3v) is 11.8. The number of ether oxygens (including phenoxy) is 2. The maximum atomic E-state index is 12.9. The number of hydrogen-bond donors (Lipinski definition) is 6. The predicted molar refractivity (Wildman–Crippen MR) is 267 cm³/mol. The molecule has 0 aromatic heterocycles. The number of allylic oxidation sites excluding steroid dienone is 14. The Labute approximate surface area is 391 Å². The van der Waals surface area contributed by atoms with E-state index in [9.17, 15) is 30.3 Å². The van der Waals surface area contributed by atoms with Gasteiger partial charge in [0.25, 0.3) is 0 Å². The first-order valence-corrected chi connectivity index (χ1v) is 25.8. The number of carbonyl (C=O) groups is 1. The van der Waals surface area contributed by atoms with Crippen molar-refractivity contribution in [3.05, 3.63) is 85.1 Å². The molecule has 0 aromatic carbocycles. The van der Waals surface area contributed by atoms with E-state index in [1.807, 2.05) is 0 Å². The summed E-state index contributed by atoms with van der Waals surface area (Å²) in [5, 5.41) is 54.0. The summed E-state index contributed by atoms with van der Waals surface area (Å²) in [5.74, 6) is -0.155. The van der Waals surface area contributed by atoms with Gasteiger partial charge in [0.15, 0.2) is 6.29 Å². The minimum absolute atomic E-state index is 0.143. The van der Waals surface area contributed by atoms with Gasteiger partial charge in [-0.2, -0.15) is 0 Å². The molecule has 0 aliphatic carbocycles. The van der Waals surface area contributed by atoms with E-state index in [-0.39, 0.29) is 12.5 Å². The molecule has 0 saturated carbocycles. The fourth-order valence-electron chi connectivity index (χ4n) is 7.67. The highest BCUT2D eigenvalue weighted by atomic mass is 16.7. The zero-order chi connectivity index (χ0) is 46.6. The van der Waals surface area contributed by atoms with Crippen LogP contribution in [0.4, 0.5) is 0 Å². The van der Waals surface area contributed by atoms with Crippen LogP contribution in [0.25, 0.3) is 0 Å². The first kappa shape index (κ1) is 59.4. The van der Waals surface area contributed by atoms with Gasteiger partial charge < -0.3 is 40.3 Å². The fourth-order valence-corrected chi connectivity index (χ4v) is 7.67. The van der Waals surface area contributed by atoms with Gasteiger partial charge in [0.2, 0.25) is 5.91 Å². The molecule has 0 aromatic rings. The van der Waals surface area contributed by atoms with Crippen molar-refractivity contribution in [3.63, 3.8) is 0 Å². The molecule has 7 atom stereocenters. The van der Waals surface area contributed by atoms with E-state index < -0.39 is 49.5 Å². The largest absolute Gasteiger partial charge is 0.394 e. The number of amides is 1. The molecule has 368 valence electrons. The van der Waals surface area contributed by atoms with Crippen LogP contribution in [0, 0.1) is 0 Å². The molecule has 1 amide bonds. The molecule has 1 saturated heterocycles. The summed E-state index contributed by atoms with van der Waals surface area (Å²) in [7, 11) is 0. The second kappa shape index (κ2) is 44.2. The molecule has 64 heavy (non-hydrogen) atoms. The Balaban J connectivity index is 2.06. The number of aliphatic hydroxyl groups excluding tert-OH is 5. The van der Waals surface area contributed by atoms with Crippen molar-refractivity contribution < 1.29 is 39.8 Å². The average Bonchev–Trinajstić information content (AvgIpc) is 3.29. The second-order valence-electron chi connectivity index (χ2n) is 17.6. The third-order valence-electron chi connectivity index (χ3n) is 11.8. The van der Waals surface area contributed by atoms with Crippen LogP contribution in [0.5, 0.6) is 0 Å². The summed E-state index contributed by atoms with van der Waals surface area (Å²) in [5.41, 5.74) is 0.